The second-order valence-electron chi connectivity index (χ2n) is 6.09. The van der Waals surface area contributed by atoms with Gasteiger partial charge in [0, 0.05) is 11.3 Å². The lowest BCUT2D eigenvalue weighted by molar-refractivity contribution is 0.132. The SMILES string of the molecule is CC[C@@H](Nc1ccc(C#N)c(Cl)c1C)N1COC(c2ccc(C#N)cc2)=N1. The van der Waals surface area contributed by atoms with E-state index < -0.39 is 0 Å². The minimum absolute atomic E-state index is 0.0939. The zero-order chi connectivity index (χ0) is 19.4. The van der Waals surface area contributed by atoms with E-state index >= 15 is 0 Å². The molecule has 6 nitrogen and oxygen atoms in total. The summed E-state index contributed by atoms with van der Waals surface area (Å²) in [6.45, 7) is 4.25. The lowest BCUT2D eigenvalue weighted by Crippen LogP contribution is -2.36. The monoisotopic (exact) mass is 379 g/mol. The number of rotatable bonds is 5. The van der Waals surface area contributed by atoms with E-state index in [0.717, 1.165) is 23.2 Å². The van der Waals surface area contributed by atoms with Crippen molar-refractivity contribution in [2.24, 2.45) is 5.10 Å². The van der Waals surface area contributed by atoms with Crippen LogP contribution in [0.1, 0.15) is 35.6 Å². The molecule has 1 atom stereocenters. The zero-order valence-electron chi connectivity index (χ0n) is 15.0. The van der Waals surface area contributed by atoms with Crippen molar-refractivity contribution in [2.75, 3.05) is 12.0 Å². The molecule has 0 unspecified atom stereocenters. The number of hydrazone groups is 1. The summed E-state index contributed by atoms with van der Waals surface area (Å²) in [5.41, 5.74) is 3.55. The Labute approximate surface area is 163 Å². The van der Waals surface area contributed by atoms with Crippen LogP contribution in [0.2, 0.25) is 5.02 Å². The fourth-order valence-corrected chi connectivity index (χ4v) is 2.99. The molecule has 27 heavy (non-hydrogen) atoms. The molecular weight excluding hydrogens is 362 g/mol. The van der Waals surface area contributed by atoms with Gasteiger partial charge in [0.1, 0.15) is 12.2 Å². The molecule has 0 aromatic heterocycles. The summed E-state index contributed by atoms with van der Waals surface area (Å²) in [6.07, 6.45) is 0.688. The number of hydrogen-bond donors (Lipinski definition) is 1. The molecule has 0 bridgehead atoms. The van der Waals surface area contributed by atoms with Crippen LogP contribution in [0, 0.1) is 29.6 Å². The summed E-state index contributed by atoms with van der Waals surface area (Å²) in [6, 6.07) is 14.9. The van der Waals surface area contributed by atoms with Gasteiger partial charge in [-0.2, -0.15) is 10.5 Å². The molecule has 1 aliphatic rings. The number of benzene rings is 2. The number of nitriles is 2. The van der Waals surface area contributed by atoms with Crippen LogP contribution in [0.5, 0.6) is 0 Å². The third-order valence-electron chi connectivity index (χ3n) is 4.39. The standard InChI is InChI=1S/C20H18ClN5O/c1-3-18(24-17-9-8-16(11-23)19(21)13(17)2)26-12-27-20(25-26)15-6-4-14(10-22)5-7-15/h4-9,18,24H,3,12H2,1-2H3/t18-/m0/s1. The van der Waals surface area contributed by atoms with Crippen LogP contribution in [0.4, 0.5) is 5.69 Å². The molecule has 0 saturated carbocycles. The van der Waals surface area contributed by atoms with Crippen LogP contribution < -0.4 is 5.32 Å². The van der Waals surface area contributed by atoms with Gasteiger partial charge in [0.05, 0.1) is 22.2 Å². The molecule has 1 aliphatic heterocycles. The van der Waals surface area contributed by atoms with Crippen molar-refractivity contribution in [1.29, 1.82) is 10.5 Å². The summed E-state index contributed by atoms with van der Waals surface area (Å²) >= 11 is 6.26. The highest BCUT2D eigenvalue weighted by Gasteiger charge is 2.24. The van der Waals surface area contributed by atoms with E-state index in [-0.39, 0.29) is 6.17 Å². The maximum Gasteiger partial charge on any atom is 0.240 e. The first-order valence-electron chi connectivity index (χ1n) is 8.51. The second kappa shape index (κ2) is 7.99. The van der Waals surface area contributed by atoms with Crippen LogP contribution in [0.25, 0.3) is 0 Å². The van der Waals surface area contributed by atoms with Crippen LogP contribution >= 0.6 is 11.6 Å². The maximum absolute atomic E-state index is 9.09. The summed E-state index contributed by atoms with van der Waals surface area (Å²) in [7, 11) is 0. The lowest BCUT2D eigenvalue weighted by Gasteiger charge is -2.26. The van der Waals surface area contributed by atoms with E-state index in [4.69, 9.17) is 26.9 Å². The number of hydrogen-bond acceptors (Lipinski definition) is 6. The molecule has 2 aromatic carbocycles. The maximum atomic E-state index is 9.09. The van der Waals surface area contributed by atoms with Crippen molar-refractivity contribution in [3.63, 3.8) is 0 Å². The number of nitrogens with zero attached hydrogens (tertiary/aromatic N) is 4. The normalized spacial score (nSPS) is 14.0. The molecule has 7 heteroatoms. The minimum atomic E-state index is -0.0939. The molecular formula is C20H18ClN5O. The Bertz CT molecular complexity index is 956. The van der Waals surface area contributed by atoms with Gasteiger partial charge in [-0.25, -0.2) is 5.01 Å². The molecule has 0 radical (unpaired) electrons. The Balaban J connectivity index is 1.79. The van der Waals surface area contributed by atoms with Crippen LogP contribution in [0.15, 0.2) is 41.5 Å². The average molecular weight is 380 g/mol. The first-order valence-corrected chi connectivity index (χ1v) is 8.89. The van der Waals surface area contributed by atoms with Crippen molar-refractivity contribution >= 4 is 23.2 Å². The van der Waals surface area contributed by atoms with E-state index in [1.807, 2.05) is 37.1 Å². The van der Waals surface area contributed by atoms with E-state index in [9.17, 15) is 0 Å². The topological polar surface area (TPSA) is 84.4 Å². The van der Waals surface area contributed by atoms with Gasteiger partial charge in [0.2, 0.25) is 5.90 Å². The number of anilines is 1. The molecule has 0 saturated heterocycles. The summed E-state index contributed by atoms with van der Waals surface area (Å²) in [5.74, 6) is 0.523. The molecule has 2 aromatic rings. The van der Waals surface area contributed by atoms with Crippen LogP contribution in [0.3, 0.4) is 0 Å². The average Bonchev–Trinajstić information content (AvgIpc) is 3.19. The quantitative estimate of drug-likeness (QED) is 0.841. The van der Waals surface area contributed by atoms with E-state index in [1.165, 1.54) is 0 Å². The second-order valence-corrected chi connectivity index (χ2v) is 6.47. The molecule has 0 amide bonds. The molecule has 1 N–H and O–H groups in total. The van der Waals surface area contributed by atoms with Crippen LogP contribution in [-0.4, -0.2) is 23.8 Å². The molecule has 0 fully saturated rings. The Kier molecular flexibility index (Phi) is 5.49. The van der Waals surface area contributed by atoms with Gasteiger partial charge >= 0.3 is 0 Å². The smallest absolute Gasteiger partial charge is 0.240 e. The summed E-state index contributed by atoms with van der Waals surface area (Å²) in [5, 5.41) is 28.3. The van der Waals surface area contributed by atoms with Gasteiger partial charge in [0.15, 0.2) is 6.73 Å². The predicted molar refractivity (Wildman–Crippen MR) is 104 cm³/mol. The largest absolute Gasteiger partial charge is 0.453 e. The molecule has 3 rings (SSSR count). The summed E-state index contributed by atoms with van der Waals surface area (Å²) < 4.78 is 5.72. The highest BCUT2D eigenvalue weighted by Crippen LogP contribution is 2.28. The lowest BCUT2D eigenvalue weighted by atomic mass is 10.1. The summed E-state index contributed by atoms with van der Waals surface area (Å²) in [4.78, 5) is 0. The van der Waals surface area contributed by atoms with Gasteiger partial charge in [0.25, 0.3) is 0 Å². The van der Waals surface area contributed by atoms with Gasteiger partial charge in [-0.3, -0.25) is 0 Å². The fraction of sp³-hybridized carbons (Fsp3) is 0.250. The van der Waals surface area contributed by atoms with Crippen molar-refractivity contribution in [3.05, 3.63) is 63.7 Å². The third-order valence-corrected chi connectivity index (χ3v) is 4.88. The fourth-order valence-electron chi connectivity index (χ4n) is 2.78. The number of halogens is 1. The molecule has 1 heterocycles. The van der Waals surface area contributed by atoms with E-state index in [2.05, 4.69) is 22.6 Å². The van der Waals surface area contributed by atoms with Gasteiger partial charge in [-0.05, 0) is 55.3 Å². The highest BCUT2D eigenvalue weighted by molar-refractivity contribution is 6.32. The van der Waals surface area contributed by atoms with Crippen molar-refractivity contribution in [3.8, 4) is 12.1 Å². The van der Waals surface area contributed by atoms with Crippen molar-refractivity contribution in [2.45, 2.75) is 26.4 Å². The third kappa shape index (κ3) is 3.81. The molecule has 136 valence electrons. The highest BCUT2D eigenvalue weighted by atomic mass is 35.5. The van der Waals surface area contributed by atoms with Crippen molar-refractivity contribution in [1.82, 2.24) is 5.01 Å². The predicted octanol–water partition coefficient (Wildman–Crippen LogP) is 4.19. The number of ether oxygens (including phenoxy) is 1. The van der Waals surface area contributed by atoms with Crippen LogP contribution in [-0.2, 0) is 4.74 Å². The first-order chi connectivity index (χ1) is 13.1. The Morgan fingerprint density at radius 3 is 2.59 bits per heavy atom. The molecule has 0 aliphatic carbocycles. The van der Waals surface area contributed by atoms with Crippen molar-refractivity contribution < 1.29 is 4.74 Å². The van der Waals surface area contributed by atoms with Gasteiger partial charge in [-0.15, -0.1) is 5.10 Å². The van der Waals surface area contributed by atoms with E-state index in [1.54, 1.807) is 18.2 Å². The van der Waals surface area contributed by atoms with Gasteiger partial charge < -0.3 is 10.1 Å². The van der Waals surface area contributed by atoms with E-state index in [0.29, 0.717) is 28.8 Å². The minimum Gasteiger partial charge on any atom is -0.453 e. The Morgan fingerprint density at radius 1 is 1.22 bits per heavy atom. The Morgan fingerprint density at radius 2 is 1.96 bits per heavy atom. The Hall–Kier alpha value is -3.22. The molecule has 0 spiro atoms. The van der Waals surface area contributed by atoms with Gasteiger partial charge in [-0.1, -0.05) is 18.5 Å². The zero-order valence-corrected chi connectivity index (χ0v) is 15.8. The number of nitrogens with one attached hydrogen (secondary N) is 1. The first kappa shape index (κ1) is 18.6.